The van der Waals surface area contributed by atoms with E-state index in [-0.39, 0.29) is 6.04 Å². The van der Waals surface area contributed by atoms with E-state index < -0.39 is 0 Å². The minimum absolute atomic E-state index is 0.170. The maximum Gasteiger partial charge on any atom is 0.127 e. The molecular formula is C12H24N4. The zero-order valence-corrected chi connectivity index (χ0v) is 10.6. The van der Waals surface area contributed by atoms with Gasteiger partial charge in [-0.2, -0.15) is 0 Å². The van der Waals surface area contributed by atoms with Crippen LogP contribution in [0.1, 0.15) is 51.9 Å². The van der Waals surface area contributed by atoms with Gasteiger partial charge < -0.3 is 4.57 Å². The van der Waals surface area contributed by atoms with E-state index in [0.717, 1.165) is 31.6 Å². The highest BCUT2D eigenvalue weighted by atomic mass is 15.3. The number of nitrogens with one attached hydrogen (secondary N) is 1. The van der Waals surface area contributed by atoms with Crippen LogP contribution in [0, 0.1) is 5.92 Å². The molecule has 4 heteroatoms. The average molecular weight is 224 g/mol. The zero-order chi connectivity index (χ0) is 12.0. The molecule has 4 nitrogen and oxygen atoms in total. The third-order valence-corrected chi connectivity index (χ3v) is 2.76. The molecule has 0 saturated carbocycles. The van der Waals surface area contributed by atoms with Gasteiger partial charge in [0.1, 0.15) is 5.82 Å². The standard InChI is InChI=1S/C12H24N4/c1-4-8-16-9-7-14-12(16)11(15-13)6-5-10(2)3/h7,9-11,15H,4-6,8,13H2,1-3H3. The van der Waals surface area contributed by atoms with Crippen molar-refractivity contribution in [3.05, 3.63) is 18.2 Å². The summed E-state index contributed by atoms with van der Waals surface area (Å²) in [5.74, 6) is 7.37. The number of hydrazine groups is 1. The van der Waals surface area contributed by atoms with Gasteiger partial charge in [0.15, 0.2) is 0 Å². The van der Waals surface area contributed by atoms with Gasteiger partial charge in [0.25, 0.3) is 0 Å². The molecule has 1 heterocycles. The molecule has 92 valence electrons. The third kappa shape index (κ3) is 3.61. The molecule has 16 heavy (non-hydrogen) atoms. The normalized spacial score (nSPS) is 13.3. The summed E-state index contributed by atoms with van der Waals surface area (Å²) in [4.78, 5) is 4.40. The number of hydrogen-bond acceptors (Lipinski definition) is 3. The molecule has 0 aliphatic rings. The fraction of sp³-hybridized carbons (Fsp3) is 0.750. The molecule has 3 N–H and O–H groups in total. The summed E-state index contributed by atoms with van der Waals surface area (Å²) in [7, 11) is 0. The van der Waals surface area contributed by atoms with Gasteiger partial charge in [0.2, 0.25) is 0 Å². The molecule has 0 aromatic carbocycles. The van der Waals surface area contributed by atoms with Crippen LogP contribution < -0.4 is 11.3 Å². The highest BCUT2D eigenvalue weighted by Gasteiger charge is 2.15. The number of aromatic nitrogens is 2. The van der Waals surface area contributed by atoms with Crippen LogP contribution in [-0.2, 0) is 6.54 Å². The first-order valence-electron chi connectivity index (χ1n) is 6.16. The van der Waals surface area contributed by atoms with E-state index in [1.54, 1.807) is 0 Å². The molecule has 1 unspecified atom stereocenters. The summed E-state index contributed by atoms with van der Waals surface area (Å²) in [5.41, 5.74) is 2.88. The predicted octanol–water partition coefficient (Wildman–Crippen LogP) is 2.23. The van der Waals surface area contributed by atoms with Gasteiger partial charge in [-0.05, 0) is 25.2 Å². The minimum Gasteiger partial charge on any atom is -0.334 e. The number of nitrogens with zero attached hydrogens (tertiary/aromatic N) is 2. The maximum atomic E-state index is 5.61. The molecule has 0 aliphatic carbocycles. The molecular weight excluding hydrogens is 200 g/mol. The summed E-state index contributed by atoms with van der Waals surface area (Å²) in [6.07, 6.45) is 7.19. The lowest BCUT2D eigenvalue weighted by Crippen LogP contribution is -2.30. The Kier molecular flexibility index (Phi) is 5.49. The van der Waals surface area contributed by atoms with Crippen molar-refractivity contribution in [2.45, 2.75) is 52.6 Å². The Morgan fingerprint density at radius 1 is 1.44 bits per heavy atom. The van der Waals surface area contributed by atoms with Gasteiger partial charge >= 0.3 is 0 Å². The second-order valence-electron chi connectivity index (χ2n) is 4.67. The molecule has 1 atom stereocenters. The molecule has 1 aromatic rings. The Hall–Kier alpha value is -0.870. The lowest BCUT2D eigenvalue weighted by atomic mass is 10.0. The number of imidazole rings is 1. The van der Waals surface area contributed by atoms with Crippen LogP contribution in [-0.4, -0.2) is 9.55 Å². The molecule has 0 radical (unpaired) electrons. The second kappa shape index (κ2) is 6.66. The monoisotopic (exact) mass is 224 g/mol. The van der Waals surface area contributed by atoms with Gasteiger partial charge in [-0.25, -0.2) is 10.4 Å². The number of nitrogens with two attached hydrogens (primary N) is 1. The summed E-state index contributed by atoms with van der Waals surface area (Å²) in [6.45, 7) is 7.64. The maximum absolute atomic E-state index is 5.61. The summed E-state index contributed by atoms with van der Waals surface area (Å²) in [5, 5.41) is 0. The highest BCUT2D eigenvalue weighted by Crippen LogP contribution is 2.19. The van der Waals surface area contributed by atoms with Gasteiger partial charge in [0.05, 0.1) is 6.04 Å². The summed E-state index contributed by atoms with van der Waals surface area (Å²) < 4.78 is 2.19. The van der Waals surface area contributed by atoms with E-state index in [1.165, 1.54) is 0 Å². The molecule has 0 aliphatic heterocycles. The fourth-order valence-corrected chi connectivity index (χ4v) is 1.85. The lowest BCUT2D eigenvalue weighted by molar-refractivity contribution is 0.418. The fourth-order valence-electron chi connectivity index (χ4n) is 1.85. The lowest BCUT2D eigenvalue weighted by Gasteiger charge is -2.18. The van der Waals surface area contributed by atoms with E-state index >= 15 is 0 Å². The molecule has 1 aromatic heterocycles. The van der Waals surface area contributed by atoms with Gasteiger partial charge in [-0.1, -0.05) is 20.8 Å². The Labute approximate surface area is 98.2 Å². The van der Waals surface area contributed by atoms with E-state index in [0.29, 0.717) is 5.92 Å². The minimum atomic E-state index is 0.170. The van der Waals surface area contributed by atoms with Crippen molar-refractivity contribution < 1.29 is 0 Å². The van der Waals surface area contributed by atoms with Crippen molar-refractivity contribution in [3.63, 3.8) is 0 Å². The average Bonchev–Trinajstić information content (AvgIpc) is 2.68. The second-order valence-corrected chi connectivity index (χ2v) is 4.67. The van der Waals surface area contributed by atoms with Crippen molar-refractivity contribution in [2.75, 3.05) is 0 Å². The number of hydrogen-bond donors (Lipinski definition) is 2. The van der Waals surface area contributed by atoms with Crippen molar-refractivity contribution in [2.24, 2.45) is 11.8 Å². The Morgan fingerprint density at radius 3 is 2.75 bits per heavy atom. The van der Waals surface area contributed by atoms with E-state index in [9.17, 15) is 0 Å². The highest BCUT2D eigenvalue weighted by molar-refractivity contribution is 4.99. The molecule has 0 bridgehead atoms. The SMILES string of the molecule is CCCn1ccnc1C(CCC(C)C)NN. The first kappa shape index (κ1) is 13.2. The topological polar surface area (TPSA) is 55.9 Å². The van der Waals surface area contributed by atoms with Crippen LogP contribution in [0.4, 0.5) is 0 Å². The zero-order valence-electron chi connectivity index (χ0n) is 10.6. The Morgan fingerprint density at radius 2 is 2.19 bits per heavy atom. The van der Waals surface area contributed by atoms with Crippen LogP contribution >= 0.6 is 0 Å². The van der Waals surface area contributed by atoms with Crippen LogP contribution in [0.3, 0.4) is 0 Å². The van der Waals surface area contributed by atoms with Crippen molar-refractivity contribution in [1.29, 1.82) is 0 Å². The Balaban J connectivity index is 2.66. The van der Waals surface area contributed by atoms with Crippen LogP contribution in [0.15, 0.2) is 12.4 Å². The molecule has 0 saturated heterocycles. The third-order valence-electron chi connectivity index (χ3n) is 2.76. The van der Waals surface area contributed by atoms with Gasteiger partial charge in [-0.3, -0.25) is 5.84 Å². The van der Waals surface area contributed by atoms with Crippen LogP contribution in [0.2, 0.25) is 0 Å². The van der Waals surface area contributed by atoms with E-state index in [4.69, 9.17) is 5.84 Å². The van der Waals surface area contributed by atoms with Gasteiger partial charge in [0, 0.05) is 18.9 Å². The van der Waals surface area contributed by atoms with Crippen molar-refractivity contribution in [3.8, 4) is 0 Å². The van der Waals surface area contributed by atoms with Crippen molar-refractivity contribution in [1.82, 2.24) is 15.0 Å². The number of rotatable bonds is 7. The first-order chi connectivity index (χ1) is 7.69. The predicted molar refractivity (Wildman–Crippen MR) is 66.7 cm³/mol. The molecule has 1 rings (SSSR count). The van der Waals surface area contributed by atoms with E-state index in [1.807, 2.05) is 12.4 Å². The largest absolute Gasteiger partial charge is 0.334 e. The van der Waals surface area contributed by atoms with E-state index in [2.05, 4.69) is 35.7 Å². The van der Waals surface area contributed by atoms with Crippen molar-refractivity contribution >= 4 is 0 Å². The Bertz CT molecular complexity index is 293. The summed E-state index contributed by atoms with van der Waals surface area (Å²) >= 11 is 0. The smallest absolute Gasteiger partial charge is 0.127 e. The van der Waals surface area contributed by atoms with Gasteiger partial charge in [-0.15, -0.1) is 0 Å². The molecule has 0 fully saturated rings. The molecule has 0 spiro atoms. The number of aryl methyl sites for hydroxylation is 1. The molecule has 0 amide bonds. The summed E-state index contributed by atoms with van der Waals surface area (Å²) in [6, 6.07) is 0.170. The first-order valence-corrected chi connectivity index (χ1v) is 6.16. The van der Waals surface area contributed by atoms with Crippen LogP contribution in [0.5, 0.6) is 0 Å². The van der Waals surface area contributed by atoms with Crippen LogP contribution in [0.25, 0.3) is 0 Å². The quantitative estimate of drug-likeness (QED) is 0.551.